The number of aryl methyl sites for hydroxylation is 4. The lowest BCUT2D eigenvalue weighted by molar-refractivity contribution is 0.0949. The highest BCUT2D eigenvalue weighted by atomic mass is 32.1. The summed E-state index contributed by atoms with van der Waals surface area (Å²) in [6.07, 6.45) is 1.96. The molecule has 0 fully saturated rings. The average Bonchev–Trinajstić information content (AvgIpc) is 3.05. The predicted octanol–water partition coefficient (Wildman–Crippen LogP) is 2.87. The molecular formula is C20H21N3O3S. The molecule has 0 bridgehead atoms. The van der Waals surface area contributed by atoms with Crippen LogP contribution in [0.3, 0.4) is 0 Å². The van der Waals surface area contributed by atoms with Crippen molar-refractivity contribution in [2.45, 2.75) is 33.1 Å². The van der Waals surface area contributed by atoms with Crippen molar-refractivity contribution in [3.05, 3.63) is 79.3 Å². The Hall–Kier alpha value is -2.80. The van der Waals surface area contributed by atoms with E-state index in [0.717, 1.165) is 16.4 Å². The first kappa shape index (κ1) is 19.0. The van der Waals surface area contributed by atoms with E-state index in [1.165, 1.54) is 16.9 Å². The molecular weight excluding hydrogens is 362 g/mol. The third kappa shape index (κ3) is 5.10. The lowest BCUT2D eigenvalue weighted by Crippen LogP contribution is -2.31. The Kier molecular flexibility index (Phi) is 6.13. The highest BCUT2D eigenvalue weighted by molar-refractivity contribution is 7.11. The molecule has 0 saturated carbocycles. The summed E-state index contributed by atoms with van der Waals surface area (Å²) in [4.78, 5) is 24.7. The SMILES string of the molecule is Cc1nnc(CCNC(=O)c2c(C)cc(CCc3ccccc3)oc2=O)s1. The van der Waals surface area contributed by atoms with Gasteiger partial charge in [0.05, 0.1) is 0 Å². The second-order valence-electron chi connectivity index (χ2n) is 6.26. The number of hydrogen-bond donors (Lipinski definition) is 1. The summed E-state index contributed by atoms with van der Waals surface area (Å²) in [5.41, 5.74) is 1.26. The van der Waals surface area contributed by atoms with Crippen LogP contribution in [0.4, 0.5) is 0 Å². The summed E-state index contributed by atoms with van der Waals surface area (Å²) in [5.74, 6) is 0.166. The summed E-state index contributed by atoms with van der Waals surface area (Å²) in [7, 11) is 0. The predicted molar refractivity (Wildman–Crippen MR) is 104 cm³/mol. The zero-order chi connectivity index (χ0) is 19.2. The third-order valence-electron chi connectivity index (χ3n) is 4.12. The van der Waals surface area contributed by atoms with Gasteiger partial charge < -0.3 is 9.73 Å². The summed E-state index contributed by atoms with van der Waals surface area (Å²) < 4.78 is 5.36. The van der Waals surface area contributed by atoms with E-state index in [1.807, 2.05) is 37.3 Å². The number of carbonyl (C=O) groups is 1. The number of benzene rings is 1. The highest BCUT2D eigenvalue weighted by Gasteiger charge is 2.16. The van der Waals surface area contributed by atoms with Crippen LogP contribution in [-0.2, 0) is 19.3 Å². The van der Waals surface area contributed by atoms with E-state index in [9.17, 15) is 9.59 Å². The molecule has 1 aromatic carbocycles. The molecule has 7 heteroatoms. The van der Waals surface area contributed by atoms with Crippen LogP contribution in [0.25, 0.3) is 0 Å². The fraction of sp³-hybridized carbons (Fsp3) is 0.300. The molecule has 0 aliphatic carbocycles. The van der Waals surface area contributed by atoms with Gasteiger partial charge in [-0.15, -0.1) is 21.5 Å². The second kappa shape index (κ2) is 8.73. The Morgan fingerprint density at radius 1 is 1.11 bits per heavy atom. The van der Waals surface area contributed by atoms with Crippen LogP contribution in [-0.4, -0.2) is 22.6 Å². The molecule has 0 aliphatic heterocycles. The minimum Gasteiger partial charge on any atom is -0.427 e. The molecule has 0 unspecified atom stereocenters. The minimum atomic E-state index is -0.595. The zero-order valence-corrected chi connectivity index (χ0v) is 16.1. The molecule has 1 N–H and O–H groups in total. The van der Waals surface area contributed by atoms with Crippen LogP contribution in [0.2, 0.25) is 0 Å². The normalized spacial score (nSPS) is 10.7. The van der Waals surface area contributed by atoms with Crippen LogP contribution in [0.15, 0.2) is 45.6 Å². The van der Waals surface area contributed by atoms with E-state index in [-0.39, 0.29) is 5.56 Å². The lowest BCUT2D eigenvalue weighted by atomic mass is 10.1. The van der Waals surface area contributed by atoms with Gasteiger partial charge in [0.2, 0.25) is 0 Å². The highest BCUT2D eigenvalue weighted by Crippen LogP contribution is 2.11. The second-order valence-corrected chi connectivity index (χ2v) is 7.53. The van der Waals surface area contributed by atoms with E-state index in [1.54, 1.807) is 13.0 Å². The van der Waals surface area contributed by atoms with E-state index in [0.29, 0.717) is 30.7 Å². The molecule has 2 heterocycles. The number of aromatic nitrogens is 2. The smallest absolute Gasteiger partial charge is 0.349 e. The molecule has 140 valence electrons. The number of carbonyl (C=O) groups excluding carboxylic acids is 1. The Morgan fingerprint density at radius 3 is 2.56 bits per heavy atom. The molecule has 2 aromatic heterocycles. The maximum Gasteiger partial charge on any atom is 0.349 e. The first-order chi connectivity index (χ1) is 13.0. The van der Waals surface area contributed by atoms with Crippen molar-refractivity contribution < 1.29 is 9.21 Å². The van der Waals surface area contributed by atoms with Crippen LogP contribution in [0, 0.1) is 13.8 Å². The van der Waals surface area contributed by atoms with Gasteiger partial charge in [-0.3, -0.25) is 4.79 Å². The third-order valence-corrected chi connectivity index (χ3v) is 5.02. The molecule has 1 amide bonds. The van der Waals surface area contributed by atoms with Gasteiger partial charge in [0.15, 0.2) is 0 Å². The summed E-state index contributed by atoms with van der Waals surface area (Å²) >= 11 is 1.49. The average molecular weight is 383 g/mol. The Balaban J connectivity index is 1.61. The zero-order valence-electron chi connectivity index (χ0n) is 15.3. The quantitative estimate of drug-likeness (QED) is 0.678. The monoisotopic (exact) mass is 383 g/mol. The molecule has 3 rings (SSSR count). The van der Waals surface area contributed by atoms with Crippen molar-refractivity contribution in [3.63, 3.8) is 0 Å². The molecule has 0 atom stereocenters. The first-order valence-corrected chi connectivity index (χ1v) is 9.59. The molecule has 27 heavy (non-hydrogen) atoms. The molecule has 3 aromatic rings. The largest absolute Gasteiger partial charge is 0.427 e. The first-order valence-electron chi connectivity index (χ1n) is 8.77. The van der Waals surface area contributed by atoms with Crippen molar-refractivity contribution in [1.82, 2.24) is 15.5 Å². The standard InChI is InChI=1S/C20H21N3O3S/c1-13-12-16(9-8-15-6-4-3-5-7-15)26-20(25)18(13)19(24)21-11-10-17-23-22-14(2)27-17/h3-7,12H,8-11H2,1-2H3,(H,21,24). The van der Waals surface area contributed by atoms with Crippen LogP contribution in [0.1, 0.15) is 37.3 Å². The van der Waals surface area contributed by atoms with Gasteiger partial charge in [0.25, 0.3) is 5.91 Å². The maximum atomic E-state index is 12.4. The fourth-order valence-electron chi connectivity index (χ4n) is 2.79. The Bertz CT molecular complexity index is 980. The van der Waals surface area contributed by atoms with Crippen molar-refractivity contribution in [1.29, 1.82) is 0 Å². The van der Waals surface area contributed by atoms with Gasteiger partial charge in [0, 0.05) is 19.4 Å². The van der Waals surface area contributed by atoms with Gasteiger partial charge in [0.1, 0.15) is 21.3 Å². The van der Waals surface area contributed by atoms with Gasteiger partial charge >= 0.3 is 5.63 Å². The summed E-state index contributed by atoms with van der Waals surface area (Å²) in [6, 6.07) is 11.8. The molecule has 0 aliphatic rings. The maximum absolute atomic E-state index is 12.4. The van der Waals surface area contributed by atoms with Crippen LogP contribution in [0.5, 0.6) is 0 Å². The number of hydrogen-bond acceptors (Lipinski definition) is 6. The summed E-state index contributed by atoms with van der Waals surface area (Å²) in [6.45, 7) is 4.03. The van der Waals surface area contributed by atoms with Crippen LogP contribution >= 0.6 is 11.3 Å². The van der Waals surface area contributed by atoms with Gasteiger partial charge in [-0.1, -0.05) is 30.3 Å². The molecule has 0 saturated heterocycles. The molecule has 6 nitrogen and oxygen atoms in total. The van der Waals surface area contributed by atoms with E-state index >= 15 is 0 Å². The van der Waals surface area contributed by atoms with Gasteiger partial charge in [-0.25, -0.2) is 4.79 Å². The van der Waals surface area contributed by atoms with Crippen molar-refractivity contribution >= 4 is 17.2 Å². The Morgan fingerprint density at radius 2 is 1.89 bits per heavy atom. The number of nitrogens with zero attached hydrogens (tertiary/aromatic N) is 2. The number of nitrogens with one attached hydrogen (secondary N) is 1. The van der Waals surface area contributed by atoms with E-state index < -0.39 is 11.5 Å². The van der Waals surface area contributed by atoms with Crippen molar-refractivity contribution in [2.75, 3.05) is 6.54 Å². The molecule has 0 spiro atoms. The minimum absolute atomic E-state index is 0.0619. The van der Waals surface area contributed by atoms with Crippen LogP contribution < -0.4 is 10.9 Å². The van der Waals surface area contributed by atoms with Crippen molar-refractivity contribution in [2.24, 2.45) is 0 Å². The van der Waals surface area contributed by atoms with E-state index in [2.05, 4.69) is 15.5 Å². The van der Waals surface area contributed by atoms with Gasteiger partial charge in [-0.05, 0) is 37.5 Å². The van der Waals surface area contributed by atoms with Gasteiger partial charge in [-0.2, -0.15) is 0 Å². The topological polar surface area (TPSA) is 85.1 Å². The lowest BCUT2D eigenvalue weighted by Gasteiger charge is -2.08. The van der Waals surface area contributed by atoms with Crippen molar-refractivity contribution in [3.8, 4) is 0 Å². The fourth-order valence-corrected chi connectivity index (χ4v) is 3.50. The summed E-state index contributed by atoms with van der Waals surface area (Å²) in [5, 5.41) is 12.5. The van der Waals surface area contributed by atoms with E-state index in [4.69, 9.17) is 4.42 Å². The Labute approximate surface area is 161 Å². The molecule has 0 radical (unpaired) electrons. The number of rotatable bonds is 7. The number of amides is 1.